The largest absolute Gasteiger partial charge is 0.360 e. The summed E-state index contributed by atoms with van der Waals surface area (Å²) in [5.41, 5.74) is 4.40. The van der Waals surface area contributed by atoms with E-state index >= 15 is 0 Å². The summed E-state index contributed by atoms with van der Waals surface area (Å²) >= 11 is 1.66. The summed E-state index contributed by atoms with van der Waals surface area (Å²) < 4.78 is 4.32. The minimum absolute atomic E-state index is 0.735. The molecule has 0 atom stereocenters. The molecule has 0 aliphatic carbocycles. The minimum atomic E-state index is 0.735. The first-order valence-electron chi connectivity index (χ1n) is 9.97. The van der Waals surface area contributed by atoms with Gasteiger partial charge in [0.15, 0.2) is 11.0 Å². The van der Waals surface area contributed by atoms with Gasteiger partial charge in [-0.15, -0.1) is 10.2 Å². The summed E-state index contributed by atoms with van der Waals surface area (Å²) in [6.07, 6.45) is 5.88. The lowest BCUT2D eigenvalue weighted by molar-refractivity contribution is 0.725. The lowest BCUT2D eigenvalue weighted by atomic mass is 10.1. The standard InChI is InChI=1S/C23H22N6S/c1-3-28-13-12-24-21(28)15-30-23-27-26-22(29(23)20-11-7-4-8-16(20)2)18-14-25-19-10-6-5-9-17(18)19/h4-14,25H,3,15H2,1-2H3. The van der Waals surface area contributed by atoms with Gasteiger partial charge in [-0.25, -0.2) is 4.98 Å². The number of H-pyrrole nitrogens is 1. The zero-order chi connectivity index (χ0) is 20.5. The Labute approximate surface area is 179 Å². The fourth-order valence-corrected chi connectivity index (χ4v) is 4.63. The molecule has 0 amide bonds. The molecule has 0 spiro atoms. The molecule has 7 heteroatoms. The normalized spacial score (nSPS) is 11.4. The van der Waals surface area contributed by atoms with E-state index in [0.29, 0.717) is 0 Å². The summed E-state index contributed by atoms with van der Waals surface area (Å²) in [6.45, 7) is 5.15. The van der Waals surface area contributed by atoms with Crippen LogP contribution in [0.15, 0.2) is 72.3 Å². The molecule has 3 aromatic heterocycles. The third kappa shape index (κ3) is 3.21. The Morgan fingerprint density at radius 3 is 2.73 bits per heavy atom. The van der Waals surface area contributed by atoms with Crippen LogP contribution < -0.4 is 0 Å². The second-order valence-corrected chi connectivity index (χ2v) is 8.04. The number of hydrogen-bond donors (Lipinski definition) is 1. The molecule has 1 N–H and O–H groups in total. The maximum atomic E-state index is 4.61. The number of hydrogen-bond acceptors (Lipinski definition) is 4. The van der Waals surface area contributed by atoms with Crippen LogP contribution in [0.2, 0.25) is 0 Å². The van der Waals surface area contributed by atoms with Crippen LogP contribution in [0.25, 0.3) is 28.0 Å². The number of fused-ring (bicyclic) bond motifs is 1. The number of nitrogens with zero attached hydrogens (tertiary/aromatic N) is 5. The van der Waals surface area contributed by atoms with Crippen LogP contribution in [0, 0.1) is 6.92 Å². The summed E-state index contributed by atoms with van der Waals surface area (Å²) in [6, 6.07) is 16.6. The van der Waals surface area contributed by atoms with Gasteiger partial charge in [-0.1, -0.05) is 48.2 Å². The Bertz CT molecular complexity index is 1310. The minimum Gasteiger partial charge on any atom is -0.360 e. The molecule has 0 radical (unpaired) electrons. The van der Waals surface area contributed by atoms with Gasteiger partial charge in [0.2, 0.25) is 0 Å². The predicted molar refractivity (Wildman–Crippen MR) is 121 cm³/mol. The Hall–Kier alpha value is -3.32. The molecule has 0 saturated heterocycles. The van der Waals surface area contributed by atoms with E-state index in [1.54, 1.807) is 11.8 Å². The summed E-state index contributed by atoms with van der Waals surface area (Å²) in [4.78, 5) is 7.86. The Balaban J connectivity index is 1.62. The quantitative estimate of drug-likeness (QED) is 0.386. The maximum absolute atomic E-state index is 4.61. The molecule has 3 heterocycles. The molecule has 30 heavy (non-hydrogen) atoms. The van der Waals surface area contributed by atoms with Crippen LogP contribution >= 0.6 is 11.8 Å². The van der Waals surface area contributed by atoms with Crippen molar-refractivity contribution in [3.8, 4) is 17.1 Å². The second kappa shape index (κ2) is 7.84. The third-order valence-corrected chi connectivity index (χ3v) is 6.22. The molecule has 6 nitrogen and oxygen atoms in total. The van der Waals surface area contributed by atoms with E-state index in [9.17, 15) is 0 Å². The zero-order valence-electron chi connectivity index (χ0n) is 16.9. The number of aryl methyl sites for hydroxylation is 2. The van der Waals surface area contributed by atoms with Crippen LogP contribution in [-0.2, 0) is 12.3 Å². The highest BCUT2D eigenvalue weighted by atomic mass is 32.2. The summed E-state index contributed by atoms with van der Waals surface area (Å²) in [7, 11) is 0. The molecule has 0 aliphatic heterocycles. The van der Waals surface area contributed by atoms with Gasteiger partial charge >= 0.3 is 0 Å². The van der Waals surface area contributed by atoms with Gasteiger partial charge in [0, 0.05) is 41.6 Å². The number of thioether (sulfide) groups is 1. The molecule has 0 bridgehead atoms. The first-order valence-corrected chi connectivity index (χ1v) is 11.0. The molecule has 150 valence electrons. The number of nitrogens with one attached hydrogen (secondary N) is 1. The second-order valence-electron chi connectivity index (χ2n) is 7.09. The molecule has 0 fully saturated rings. The van der Waals surface area contributed by atoms with E-state index in [0.717, 1.165) is 51.3 Å². The monoisotopic (exact) mass is 414 g/mol. The number of aromatic nitrogens is 6. The molecular weight excluding hydrogens is 392 g/mol. The molecule has 5 rings (SSSR count). The molecular formula is C23H22N6S. The van der Waals surface area contributed by atoms with Gasteiger partial charge in [-0.05, 0) is 31.5 Å². The lowest BCUT2D eigenvalue weighted by Crippen LogP contribution is -2.03. The van der Waals surface area contributed by atoms with E-state index in [4.69, 9.17) is 0 Å². The third-order valence-electron chi connectivity index (χ3n) is 5.29. The van der Waals surface area contributed by atoms with Gasteiger partial charge in [0.25, 0.3) is 0 Å². The van der Waals surface area contributed by atoms with Crippen molar-refractivity contribution < 1.29 is 0 Å². The highest BCUT2D eigenvalue weighted by Crippen LogP contribution is 2.34. The first kappa shape index (κ1) is 18.7. The van der Waals surface area contributed by atoms with Crippen molar-refractivity contribution in [2.75, 3.05) is 0 Å². The molecule has 0 unspecified atom stereocenters. The van der Waals surface area contributed by atoms with Crippen LogP contribution in [0.4, 0.5) is 0 Å². The van der Waals surface area contributed by atoms with Crippen molar-refractivity contribution in [2.24, 2.45) is 0 Å². The molecule has 2 aromatic carbocycles. The fourth-order valence-electron chi connectivity index (χ4n) is 3.72. The topological polar surface area (TPSA) is 64.3 Å². The van der Waals surface area contributed by atoms with Crippen molar-refractivity contribution in [1.82, 2.24) is 29.3 Å². The van der Waals surface area contributed by atoms with E-state index in [2.05, 4.69) is 79.5 Å². The number of imidazole rings is 1. The first-order chi connectivity index (χ1) is 14.8. The highest BCUT2D eigenvalue weighted by Gasteiger charge is 2.20. The lowest BCUT2D eigenvalue weighted by Gasteiger charge is -2.12. The number of para-hydroxylation sites is 2. The average Bonchev–Trinajstić information content (AvgIpc) is 3.50. The maximum Gasteiger partial charge on any atom is 0.196 e. The van der Waals surface area contributed by atoms with E-state index in [1.807, 2.05) is 30.7 Å². The van der Waals surface area contributed by atoms with Gasteiger partial charge in [0.05, 0.1) is 11.4 Å². The van der Waals surface area contributed by atoms with Gasteiger partial charge in [-0.2, -0.15) is 0 Å². The van der Waals surface area contributed by atoms with Crippen molar-refractivity contribution in [1.29, 1.82) is 0 Å². The van der Waals surface area contributed by atoms with Gasteiger partial charge < -0.3 is 9.55 Å². The van der Waals surface area contributed by atoms with Crippen molar-refractivity contribution in [3.63, 3.8) is 0 Å². The number of rotatable bonds is 6. The predicted octanol–water partition coefficient (Wildman–Crippen LogP) is 5.23. The van der Waals surface area contributed by atoms with Crippen molar-refractivity contribution >= 4 is 22.7 Å². The van der Waals surface area contributed by atoms with Gasteiger partial charge in [0.1, 0.15) is 5.82 Å². The van der Waals surface area contributed by atoms with Crippen LogP contribution in [0.1, 0.15) is 18.3 Å². The van der Waals surface area contributed by atoms with Crippen LogP contribution in [-0.4, -0.2) is 29.3 Å². The number of aromatic amines is 1. The van der Waals surface area contributed by atoms with E-state index < -0.39 is 0 Å². The van der Waals surface area contributed by atoms with Crippen molar-refractivity contribution in [3.05, 3.63) is 78.5 Å². The molecule has 0 saturated carbocycles. The smallest absolute Gasteiger partial charge is 0.196 e. The Morgan fingerprint density at radius 1 is 1.03 bits per heavy atom. The summed E-state index contributed by atoms with van der Waals surface area (Å²) in [5.74, 6) is 2.61. The zero-order valence-corrected chi connectivity index (χ0v) is 17.7. The van der Waals surface area contributed by atoms with Crippen LogP contribution in [0.5, 0.6) is 0 Å². The Kier molecular flexibility index (Phi) is 4.88. The van der Waals surface area contributed by atoms with Crippen molar-refractivity contribution in [2.45, 2.75) is 31.3 Å². The van der Waals surface area contributed by atoms with E-state index in [1.165, 1.54) is 5.56 Å². The van der Waals surface area contributed by atoms with E-state index in [-0.39, 0.29) is 0 Å². The number of benzene rings is 2. The summed E-state index contributed by atoms with van der Waals surface area (Å²) in [5, 5.41) is 11.2. The Morgan fingerprint density at radius 2 is 1.87 bits per heavy atom. The SMILES string of the molecule is CCn1ccnc1CSc1nnc(-c2c[nH]c3ccccc23)n1-c1ccccc1C. The average molecular weight is 415 g/mol. The highest BCUT2D eigenvalue weighted by molar-refractivity contribution is 7.98. The molecule has 5 aromatic rings. The molecule has 0 aliphatic rings. The van der Waals surface area contributed by atoms with Gasteiger partial charge in [-0.3, -0.25) is 4.57 Å². The fraction of sp³-hybridized carbons (Fsp3) is 0.174. The van der Waals surface area contributed by atoms with Crippen LogP contribution in [0.3, 0.4) is 0 Å².